The van der Waals surface area contributed by atoms with Crippen molar-refractivity contribution < 1.29 is 0 Å². The summed E-state index contributed by atoms with van der Waals surface area (Å²) in [6, 6.07) is 5.73. The minimum Gasteiger partial charge on any atom is -0.357 e. The highest BCUT2D eigenvalue weighted by molar-refractivity contribution is 7.13. The number of fused-ring (bicyclic) bond motifs is 1. The zero-order valence-electron chi connectivity index (χ0n) is 14.4. The number of thiazole rings is 1. The molecule has 2 aromatic heterocycles. The van der Waals surface area contributed by atoms with Gasteiger partial charge in [0.25, 0.3) is 0 Å². The third-order valence-corrected chi connectivity index (χ3v) is 5.06. The first kappa shape index (κ1) is 16.7. The Balaban J connectivity index is 1.76. The summed E-state index contributed by atoms with van der Waals surface area (Å²) in [6.07, 6.45) is 0. The summed E-state index contributed by atoms with van der Waals surface area (Å²) < 4.78 is 0. The SMILES string of the molecule is Cc1ccc(C)c2c(=O)cc(CNCc3csc(N(C)C)n3)[nH]c12. The zero-order valence-corrected chi connectivity index (χ0v) is 15.3. The topological polar surface area (TPSA) is 61.0 Å². The van der Waals surface area contributed by atoms with Crippen molar-refractivity contribution in [1.82, 2.24) is 15.3 Å². The highest BCUT2D eigenvalue weighted by Crippen LogP contribution is 2.19. The normalized spacial score (nSPS) is 11.2. The number of aromatic nitrogens is 2. The molecule has 0 unspecified atom stereocenters. The van der Waals surface area contributed by atoms with Crippen LogP contribution in [0.4, 0.5) is 5.13 Å². The van der Waals surface area contributed by atoms with Gasteiger partial charge >= 0.3 is 0 Å². The van der Waals surface area contributed by atoms with Crippen molar-refractivity contribution in [1.29, 1.82) is 0 Å². The molecule has 0 amide bonds. The van der Waals surface area contributed by atoms with Gasteiger partial charge in [0.2, 0.25) is 0 Å². The first-order chi connectivity index (χ1) is 11.5. The lowest BCUT2D eigenvalue weighted by atomic mass is 10.0. The van der Waals surface area contributed by atoms with Crippen LogP contribution in [0.25, 0.3) is 10.9 Å². The number of benzene rings is 1. The molecule has 126 valence electrons. The summed E-state index contributed by atoms with van der Waals surface area (Å²) in [5, 5.41) is 7.19. The molecular weight excluding hydrogens is 320 g/mol. The van der Waals surface area contributed by atoms with E-state index >= 15 is 0 Å². The van der Waals surface area contributed by atoms with Crippen molar-refractivity contribution in [3.8, 4) is 0 Å². The fourth-order valence-electron chi connectivity index (χ4n) is 2.72. The van der Waals surface area contributed by atoms with E-state index in [9.17, 15) is 4.79 Å². The summed E-state index contributed by atoms with van der Waals surface area (Å²) in [6.45, 7) is 5.27. The van der Waals surface area contributed by atoms with Crippen molar-refractivity contribution in [2.75, 3.05) is 19.0 Å². The van der Waals surface area contributed by atoms with Gasteiger partial charge in [-0.05, 0) is 25.0 Å². The van der Waals surface area contributed by atoms with E-state index in [0.29, 0.717) is 13.1 Å². The molecule has 1 aromatic carbocycles. The standard InChI is InChI=1S/C18H22N4OS/c1-11-5-6-12(2)17-16(11)15(23)7-13(20-17)8-19-9-14-10-24-18(21-14)22(3)4/h5-7,10,19H,8-9H2,1-4H3,(H,20,23). The number of aryl methyl sites for hydroxylation is 2. The molecule has 0 aliphatic heterocycles. The van der Waals surface area contributed by atoms with Crippen molar-refractivity contribution >= 4 is 27.4 Å². The Hall–Kier alpha value is -2.18. The van der Waals surface area contributed by atoms with Crippen molar-refractivity contribution in [3.63, 3.8) is 0 Å². The van der Waals surface area contributed by atoms with Gasteiger partial charge in [0.15, 0.2) is 10.6 Å². The smallest absolute Gasteiger partial charge is 0.189 e. The number of nitrogens with zero attached hydrogens (tertiary/aromatic N) is 2. The monoisotopic (exact) mass is 342 g/mol. The fourth-order valence-corrected chi connectivity index (χ4v) is 3.48. The Bertz CT molecular complexity index is 926. The largest absolute Gasteiger partial charge is 0.357 e. The number of hydrogen-bond acceptors (Lipinski definition) is 5. The second kappa shape index (κ2) is 6.75. The van der Waals surface area contributed by atoms with Gasteiger partial charge in [-0.15, -0.1) is 11.3 Å². The second-order valence-corrected chi connectivity index (χ2v) is 7.06. The highest BCUT2D eigenvalue weighted by atomic mass is 32.1. The molecule has 2 heterocycles. The van der Waals surface area contributed by atoms with Gasteiger partial charge in [0.05, 0.1) is 11.2 Å². The molecule has 0 saturated carbocycles. The van der Waals surface area contributed by atoms with Crippen LogP contribution in [-0.2, 0) is 13.1 Å². The van der Waals surface area contributed by atoms with E-state index in [1.54, 1.807) is 17.4 Å². The van der Waals surface area contributed by atoms with E-state index in [1.165, 1.54) is 0 Å². The molecule has 0 bridgehead atoms. The molecule has 2 N–H and O–H groups in total. The van der Waals surface area contributed by atoms with Crippen LogP contribution in [-0.4, -0.2) is 24.1 Å². The maximum absolute atomic E-state index is 12.4. The summed E-state index contributed by atoms with van der Waals surface area (Å²) in [5.74, 6) is 0. The van der Waals surface area contributed by atoms with Crippen molar-refractivity contribution in [2.45, 2.75) is 26.9 Å². The second-order valence-electron chi connectivity index (χ2n) is 6.23. The zero-order chi connectivity index (χ0) is 17.3. The molecule has 0 atom stereocenters. The fraction of sp³-hybridized carbons (Fsp3) is 0.333. The third kappa shape index (κ3) is 3.34. The van der Waals surface area contributed by atoms with E-state index in [0.717, 1.165) is 38.5 Å². The van der Waals surface area contributed by atoms with Crippen molar-refractivity contribution in [3.05, 3.63) is 56.3 Å². The summed E-state index contributed by atoms with van der Waals surface area (Å²) in [4.78, 5) is 22.4. The van der Waals surface area contributed by atoms with Gasteiger partial charge in [-0.2, -0.15) is 0 Å². The third-order valence-electron chi connectivity index (χ3n) is 4.00. The first-order valence-corrected chi connectivity index (χ1v) is 8.78. The maximum Gasteiger partial charge on any atom is 0.189 e. The van der Waals surface area contributed by atoms with Gasteiger partial charge in [0.1, 0.15) is 0 Å². The van der Waals surface area contributed by atoms with E-state index in [4.69, 9.17) is 0 Å². The highest BCUT2D eigenvalue weighted by Gasteiger charge is 2.08. The number of anilines is 1. The van der Waals surface area contributed by atoms with Crippen LogP contribution in [0.1, 0.15) is 22.5 Å². The summed E-state index contributed by atoms with van der Waals surface area (Å²) >= 11 is 1.63. The predicted molar refractivity (Wildman–Crippen MR) is 101 cm³/mol. The number of hydrogen-bond donors (Lipinski definition) is 2. The number of H-pyrrole nitrogens is 1. The number of rotatable bonds is 5. The lowest BCUT2D eigenvalue weighted by Gasteiger charge is -2.09. The Labute approximate surface area is 145 Å². The van der Waals surface area contributed by atoms with Crippen LogP contribution < -0.4 is 15.6 Å². The molecular formula is C18H22N4OS. The van der Waals surface area contributed by atoms with Crippen molar-refractivity contribution in [2.24, 2.45) is 0 Å². The molecule has 0 radical (unpaired) electrons. The van der Waals surface area contributed by atoms with Gasteiger partial charge in [0, 0.05) is 49.7 Å². The molecule has 3 rings (SSSR count). The van der Waals surface area contributed by atoms with E-state index in [-0.39, 0.29) is 5.43 Å². The molecule has 0 saturated heterocycles. The van der Waals surface area contributed by atoms with Crippen LogP contribution in [0.2, 0.25) is 0 Å². The Kier molecular flexibility index (Phi) is 4.69. The molecule has 0 aliphatic rings. The Morgan fingerprint density at radius 2 is 1.96 bits per heavy atom. The molecule has 3 aromatic rings. The molecule has 24 heavy (non-hydrogen) atoms. The van der Waals surface area contributed by atoms with E-state index in [1.807, 2.05) is 45.0 Å². The summed E-state index contributed by atoms with van der Waals surface area (Å²) in [7, 11) is 3.97. The average molecular weight is 342 g/mol. The van der Waals surface area contributed by atoms with Gasteiger partial charge in [-0.3, -0.25) is 4.79 Å². The summed E-state index contributed by atoms with van der Waals surface area (Å²) in [5.41, 5.74) is 5.01. The number of aromatic amines is 1. The molecule has 0 fully saturated rings. The lowest BCUT2D eigenvalue weighted by molar-refractivity contribution is 0.671. The predicted octanol–water partition coefficient (Wildman–Crippen LogP) is 2.96. The minimum atomic E-state index is 0.0744. The Morgan fingerprint density at radius 3 is 2.67 bits per heavy atom. The van der Waals surface area contributed by atoms with E-state index < -0.39 is 0 Å². The molecule has 6 heteroatoms. The molecule has 0 spiro atoms. The van der Waals surface area contributed by atoms with Gasteiger partial charge in [-0.1, -0.05) is 12.1 Å². The quantitative estimate of drug-likeness (QED) is 0.748. The number of pyridine rings is 1. The van der Waals surface area contributed by atoms with Crippen LogP contribution in [0.3, 0.4) is 0 Å². The van der Waals surface area contributed by atoms with Gasteiger partial charge in [-0.25, -0.2) is 4.98 Å². The lowest BCUT2D eigenvalue weighted by Crippen LogP contribution is -2.17. The Morgan fingerprint density at radius 1 is 1.21 bits per heavy atom. The molecule has 0 aliphatic carbocycles. The van der Waals surface area contributed by atoms with Gasteiger partial charge < -0.3 is 15.2 Å². The minimum absolute atomic E-state index is 0.0744. The number of nitrogens with one attached hydrogen (secondary N) is 2. The first-order valence-electron chi connectivity index (χ1n) is 7.90. The van der Waals surface area contributed by atoms with Crippen LogP contribution in [0.15, 0.2) is 28.4 Å². The van der Waals surface area contributed by atoms with Crippen LogP contribution in [0, 0.1) is 13.8 Å². The average Bonchev–Trinajstić information content (AvgIpc) is 3.00. The van der Waals surface area contributed by atoms with E-state index in [2.05, 4.69) is 20.7 Å². The molecule has 5 nitrogen and oxygen atoms in total. The maximum atomic E-state index is 12.4. The van der Waals surface area contributed by atoms with Crippen LogP contribution in [0.5, 0.6) is 0 Å². The van der Waals surface area contributed by atoms with Crippen LogP contribution >= 0.6 is 11.3 Å².